The fourth-order valence-corrected chi connectivity index (χ4v) is 1.36. The molecule has 2 aromatic rings. The summed E-state index contributed by atoms with van der Waals surface area (Å²) in [7, 11) is 0. The number of pyridine rings is 1. The summed E-state index contributed by atoms with van der Waals surface area (Å²) in [5.41, 5.74) is 8.30. The summed E-state index contributed by atoms with van der Waals surface area (Å²) >= 11 is 0. The average molecular weight is 190 g/mol. The lowest BCUT2D eigenvalue weighted by Gasteiger charge is -1.98. The standard InChI is InChI=1S/C10H14N4/c1-6(2)9-12-10-8(11)5-4-7(3)14(10)13-9/h4-6H,11H2,1-3H3. The van der Waals surface area contributed by atoms with Gasteiger partial charge in [0.15, 0.2) is 11.5 Å². The molecule has 74 valence electrons. The first-order chi connectivity index (χ1) is 6.59. The van der Waals surface area contributed by atoms with Crippen molar-refractivity contribution in [2.75, 3.05) is 5.73 Å². The second-order valence-corrected chi connectivity index (χ2v) is 3.79. The lowest BCUT2D eigenvalue weighted by atomic mass is 10.2. The van der Waals surface area contributed by atoms with E-state index >= 15 is 0 Å². The molecule has 0 atom stereocenters. The van der Waals surface area contributed by atoms with Gasteiger partial charge in [-0.25, -0.2) is 9.50 Å². The largest absolute Gasteiger partial charge is 0.396 e. The molecule has 0 aliphatic rings. The SMILES string of the molecule is Cc1ccc(N)c2nc(C(C)C)nn12. The van der Waals surface area contributed by atoms with E-state index in [2.05, 4.69) is 23.9 Å². The quantitative estimate of drug-likeness (QED) is 0.745. The Labute approximate surface area is 82.8 Å². The van der Waals surface area contributed by atoms with Gasteiger partial charge in [0, 0.05) is 11.6 Å². The van der Waals surface area contributed by atoms with Gasteiger partial charge >= 0.3 is 0 Å². The topological polar surface area (TPSA) is 56.2 Å². The van der Waals surface area contributed by atoms with Crippen molar-refractivity contribution in [3.63, 3.8) is 0 Å². The molecule has 0 aliphatic heterocycles. The van der Waals surface area contributed by atoms with Crippen molar-refractivity contribution in [2.24, 2.45) is 0 Å². The van der Waals surface area contributed by atoms with Gasteiger partial charge in [0.05, 0.1) is 5.69 Å². The molecule has 0 saturated heterocycles. The van der Waals surface area contributed by atoms with Crippen LogP contribution >= 0.6 is 0 Å². The molecule has 0 amide bonds. The van der Waals surface area contributed by atoms with E-state index in [0.29, 0.717) is 11.6 Å². The second-order valence-electron chi connectivity index (χ2n) is 3.79. The van der Waals surface area contributed by atoms with E-state index in [9.17, 15) is 0 Å². The summed E-state index contributed by atoms with van der Waals surface area (Å²) in [6, 6.07) is 3.81. The third-order valence-corrected chi connectivity index (χ3v) is 2.24. The molecular weight excluding hydrogens is 176 g/mol. The Balaban J connectivity index is 2.75. The van der Waals surface area contributed by atoms with Gasteiger partial charge in [-0.3, -0.25) is 0 Å². The van der Waals surface area contributed by atoms with Crippen molar-refractivity contribution in [3.8, 4) is 0 Å². The molecule has 4 heteroatoms. The first kappa shape index (κ1) is 8.99. The van der Waals surface area contributed by atoms with Crippen LogP contribution in [-0.4, -0.2) is 14.6 Å². The molecule has 0 unspecified atom stereocenters. The lowest BCUT2D eigenvalue weighted by molar-refractivity contribution is 0.759. The van der Waals surface area contributed by atoms with Crippen LogP contribution in [0.25, 0.3) is 5.65 Å². The number of aryl methyl sites for hydroxylation is 1. The number of nitrogens with zero attached hydrogens (tertiary/aromatic N) is 3. The number of hydrogen-bond acceptors (Lipinski definition) is 3. The molecule has 0 aromatic carbocycles. The first-order valence-electron chi connectivity index (χ1n) is 4.71. The van der Waals surface area contributed by atoms with Crippen molar-refractivity contribution in [3.05, 3.63) is 23.7 Å². The van der Waals surface area contributed by atoms with Crippen LogP contribution in [0.2, 0.25) is 0 Å². The van der Waals surface area contributed by atoms with E-state index in [-0.39, 0.29) is 0 Å². The van der Waals surface area contributed by atoms with Crippen LogP contribution in [0.5, 0.6) is 0 Å². The van der Waals surface area contributed by atoms with Gasteiger partial charge in [-0.1, -0.05) is 13.8 Å². The van der Waals surface area contributed by atoms with Gasteiger partial charge in [0.2, 0.25) is 0 Å². The highest BCUT2D eigenvalue weighted by Gasteiger charge is 2.10. The van der Waals surface area contributed by atoms with Crippen LogP contribution in [0.3, 0.4) is 0 Å². The van der Waals surface area contributed by atoms with Crippen molar-refractivity contribution in [1.82, 2.24) is 14.6 Å². The average Bonchev–Trinajstić information content (AvgIpc) is 2.57. The maximum Gasteiger partial charge on any atom is 0.178 e. The maximum atomic E-state index is 5.82. The van der Waals surface area contributed by atoms with Crippen molar-refractivity contribution < 1.29 is 0 Å². The van der Waals surface area contributed by atoms with Crippen molar-refractivity contribution in [1.29, 1.82) is 0 Å². The minimum Gasteiger partial charge on any atom is -0.396 e. The number of nitrogens with two attached hydrogens (primary N) is 1. The molecule has 2 rings (SSSR count). The third kappa shape index (κ3) is 1.23. The fourth-order valence-electron chi connectivity index (χ4n) is 1.36. The highest BCUT2D eigenvalue weighted by Crippen LogP contribution is 2.17. The van der Waals surface area contributed by atoms with Crippen LogP contribution in [0.15, 0.2) is 12.1 Å². The Morgan fingerprint density at radius 2 is 2.07 bits per heavy atom. The molecule has 0 bridgehead atoms. The van der Waals surface area contributed by atoms with Gasteiger partial charge in [0.1, 0.15) is 0 Å². The van der Waals surface area contributed by atoms with Crippen LogP contribution in [0.4, 0.5) is 5.69 Å². The Bertz CT molecular complexity index is 431. The summed E-state index contributed by atoms with van der Waals surface area (Å²) < 4.78 is 1.80. The zero-order chi connectivity index (χ0) is 10.3. The zero-order valence-electron chi connectivity index (χ0n) is 8.65. The summed E-state index contributed by atoms with van der Waals surface area (Å²) in [5.74, 6) is 1.17. The van der Waals surface area contributed by atoms with E-state index in [1.54, 1.807) is 4.52 Å². The van der Waals surface area contributed by atoms with Crippen molar-refractivity contribution in [2.45, 2.75) is 26.7 Å². The van der Waals surface area contributed by atoms with Crippen molar-refractivity contribution >= 4 is 11.3 Å². The Morgan fingerprint density at radius 3 is 2.64 bits per heavy atom. The van der Waals surface area contributed by atoms with Crippen LogP contribution < -0.4 is 5.73 Å². The van der Waals surface area contributed by atoms with Gasteiger partial charge in [-0.05, 0) is 19.1 Å². The molecule has 0 saturated carbocycles. The molecule has 4 nitrogen and oxygen atoms in total. The molecule has 0 spiro atoms. The summed E-state index contributed by atoms with van der Waals surface area (Å²) in [6.45, 7) is 6.13. The Kier molecular flexibility index (Phi) is 1.91. The molecular formula is C10H14N4. The van der Waals surface area contributed by atoms with E-state index in [1.807, 2.05) is 19.1 Å². The number of hydrogen-bond donors (Lipinski definition) is 1. The van der Waals surface area contributed by atoms with Crippen LogP contribution in [0.1, 0.15) is 31.3 Å². The fraction of sp³-hybridized carbons (Fsp3) is 0.400. The molecule has 2 aromatic heterocycles. The zero-order valence-corrected chi connectivity index (χ0v) is 8.65. The van der Waals surface area contributed by atoms with E-state index in [0.717, 1.165) is 17.2 Å². The van der Waals surface area contributed by atoms with E-state index in [4.69, 9.17) is 5.73 Å². The summed E-state index contributed by atoms with van der Waals surface area (Å²) in [6.07, 6.45) is 0. The van der Waals surface area contributed by atoms with Gasteiger partial charge in [0.25, 0.3) is 0 Å². The highest BCUT2D eigenvalue weighted by molar-refractivity contribution is 5.64. The first-order valence-corrected chi connectivity index (χ1v) is 4.71. The lowest BCUT2D eigenvalue weighted by Crippen LogP contribution is -1.97. The molecule has 0 aliphatic carbocycles. The van der Waals surface area contributed by atoms with E-state index in [1.165, 1.54) is 0 Å². The monoisotopic (exact) mass is 190 g/mol. The number of anilines is 1. The van der Waals surface area contributed by atoms with Crippen LogP contribution in [0, 0.1) is 6.92 Å². The minimum atomic E-state index is 0.327. The molecule has 14 heavy (non-hydrogen) atoms. The number of fused-ring (bicyclic) bond motifs is 1. The highest BCUT2D eigenvalue weighted by atomic mass is 15.3. The molecule has 0 radical (unpaired) electrons. The summed E-state index contributed by atoms with van der Waals surface area (Å²) in [5, 5.41) is 4.40. The Morgan fingerprint density at radius 1 is 1.36 bits per heavy atom. The maximum absolute atomic E-state index is 5.82. The van der Waals surface area contributed by atoms with Crippen LogP contribution in [-0.2, 0) is 0 Å². The third-order valence-electron chi connectivity index (χ3n) is 2.24. The smallest absolute Gasteiger partial charge is 0.178 e. The Hall–Kier alpha value is -1.58. The predicted octanol–water partition coefficient (Wildman–Crippen LogP) is 1.74. The molecule has 2 heterocycles. The van der Waals surface area contributed by atoms with Gasteiger partial charge < -0.3 is 5.73 Å². The number of nitrogen functional groups attached to an aromatic ring is 1. The number of rotatable bonds is 1. The summed E-state index contributed by atoms with van der Waals surface area (Å²) in [4.78, 5) is 4.40. The minimum absolute atomic E-state index is 0.327. The van der Waals surface area contributed by atoms with Gasteiger partial charge in [-0.15, -0.1) is 0 Å². The number of aromatic nitrogens is 3. The molecule has 0 fully saturated rings. The predicted molar refractivity (Wildman–Crippen MR) is 56.2 cm³/mol. The molecule has 2 N–H and O–H groups in total. The second kappa shape index (κ2) is 2.97. The van der Waals surface area contributed by atoms with E-state index < -0.39 is 0 Å². The van der Waals surface area contributed by atoms with Gasteiger partial charge in [-0.2, -0.15) is 5.10 Å². The normalized spacial score (nSPS) is 11.4.